The predicted octanol–water partition coefficient (Wildman–Crippen LogP) is 2.84. The topological polar surface area (TPSA) is 52.6 Å². The molecule has 0 aromatic rings. The van der Waals surface area contributed by atoms with Crippen molar-refractivity contribution >= 4 is 11.8 Å². The van der Waals surface area contributed by atoms with Gasteiger partial charge in [0.15, 0.2) is 0 Å². The summed E-state index contributed by atoms with van der Waals surface area (Å²) >= 11 is 0. The van der Waals surface area contributed by atoms with Crippen molar-refractivity contribution < 1.29 is 19.1 Å². The lowest BCUT2D eigenvalue weighted by molar-refractivity contribution is -0.399. The SMILES string of the molecule is C[C@]12CCCC34C(OC1=O)O[C@@H](C[C@@H]32)[C@]12CCC(CC1=O)CC42. The number of Topliss-reactive ketones (excluding diaryl/α,β-unsaturated/α-hetero) is 1. The van der Waals surface area contributed by atoms with Crippen molar-refractivity contribution in [3.05, 3.63) is 0 Å². The fourth-order valence-electron chi connectivity index (χ4n) is 8.05. The molecule has 5 saturated carbocycles. The average molecular weight is 316 g/mol. The van der Waals surface area contributed by atoms with Gasteiger partial charge in [0.2, 0.25) is 6.29 Å². The van der Waals surface area contributed by atoms with E-state index in [1.54, 1.807) is 0 Å². The average Bonchev–Trinajstić information content (AvgIpc) is 2.54. The summed E-state index contributed by atoms with van der Waals surface area (Å²) in [5.41, 5.74) is -0.674. The minimum Gasteiger partial charge on any atom is -0.435 e. The van der Waals surface area contributed by atoms with E-state index in [2.05, 4.69) is 6.92 Å². The highest BCUT2D eigenvalue weighted by Crippen LogP contribution is 2.76. The number of carbonyl (C=O) groups is 2. The van der Waals surface area contributed by atoms with Crippen molar-refractivity contribution in [2.24, 2.45) is 34.0 Å². The van der Waals surface area contributed by atoms with E-state index in [4.69, 9.17) is 9.47 Å². The van der Waals surface area contributed by atoms with E-state index in [9.17, 15) is 9.59 Å². The van der Waals surface area contributed by atoms with Crippen LogP contribution in [0.25, 0.3) is 0 Å². The highest BCUT2D eigenvalue weighted by atomic mass is 16.7. The Morgan fingerprint density at radius 2 is 1.96 bits per heavy atom. The fraction of sp³-hybridized carbons (Fsp3) is 0.895. The highest BCUT2D eigenvalue weighted by molar-refractivity contribution is 5.89. The van der Waals surface area contributed by atoms with Crippen LogP contribution in [-0.4, -0.2) is 24.1 Å². The molecule has 3 heterocycles. The molecule has 0 N–H and O–H groups in total. The van der Waals surface area contributed by atoms with Crippen LogP contribution in [0, 0.1) is 34.0 Å². The van der Waals surface area contributed by atoms with Crippen LogP contribution in [0.15, 0.2) is 0 Å². The lowest BCUT2D eigenvalue weighted by atomic mass is 9.34. The molecule has 7 bridgehead atoms. The van der Waals surface area contributed by atoms with Gasteiger partial charge in [-0.25, -0.2) is 0 Å². The van der Waals surface area contributed by atoms with Gasteiger partial charge in [0, 0.05) is 11.8 Å². The number of ketones is 1. The van der Waals surface area contributed by atoms with Crippen molar-refractivity contribution in [1.82, 2.24) is 0 Å². The zero-order valence-corrected chi connectivity index (χ0v) is 13.7. The van der Waals surface area contributed by atoms with E-state index in [0.717, 1.165) is 44.9 Å². The second kappa shape index (κ2) is 3.68. The summed E-state index contributed by atoms with van der Waals surface area (Å²) in [6.45, 7) is 2.12. The number of hydrogen-bond donors (Lipinski definition) is 0. The van der Waals surface area contributed by atoms with Gasteiger partial charge in [0.05, 0.1) is 16.9 Å². The van der Waals surface area contributed by atoms with Crippen molar-refractivity contribution in [2.75, 3.05) is 0 Å². The van der Waals surface area contributed by atoms with Gasteiger partial charge in [-0.15, -0.1) is 0 Å². The van der Waals surface area contributed by atoms with Crippen LogP contribution >= 0.6 is 0 Å². The summed E-state index contributed by atoms with van der Waals surface area (Å²) < 4.78 is 12.2. The lowest BCUT2D eigenvalue weighted by Crippen LogP contribution is -2.79. The van der Waals surface area contributed by atoms with Gasteiger partial charge in [-0.2, -0.15) is 0 Å². The minimum atomic E-state index is -0.380. The van der Waals surface area contributed by atoms with Crippen molar-refractivity contribution in [3.8, 4) is 0 Å². The number of hydrogen-bond acceptors (Lipinski definition) is 4. The summed E-state index contributed by atoms with van der Waals surface area (Å²) in [5.74, 6) is 1.73. The summed E-state index contributed by atoms with van der Waals surface area (Å²) in [5, 5.41) is 0. The van der Waals surface area contributed by atoms with E-state index in [0.29, 0.717) is 23.5 Å². The van der Waals surface area contributed by atoms with Gasteiger partial charge in [0.25, 0.3) is 0 Å². The third-order valence-electron chi connectivity index (χ3n) is 8.95. The first-order chi connectivity index (χ1) is 11.0. The van der Waals surface area contributed by atoms with Gasteiger partial charge in [-0.3, -0.25) is 9.59 Å². The Balaban J connectivity index is 1.58. The molecule has 0 aromatic heterocycles. The van der Waals surface area contributed by atoms with Gasteiger partial charge in [-0.1, -0.05) is 6.42 Å². The van der Waals surface area contributed by atoms with E-state index in [1.165, 1.54) is 6.42 Å². The molecule has 124 valence electrons. The van der Waals surface area contributed by atoms with Crippen molar-refractivity contribution in [1.29, 1.82) is 0 Å². The molecular formula is C19H24O4. The Kier molecular flexibility index (Phi) is 2.15. The molecule has 8 rings (SSSR count). The Morgan fingerprint density at radius 1 is 1.09 bits per heavy atom. The molecule has 23 heavy (non-hydrogen) atoms. The minimum absolute atomic E-state index is 0.0105. The zero-order valence-electron chi connectivity index (χ0n) is 13.7. The first kappa shape index (κ1) is 13.4. The molecule has 8 fully saturated rings. The van der Waals surface area contributed by atoms with E-state index in [1.807, 2.05) is 0 Å². The molecular weight excluding hydrogens is 292 g/mol. The summed E-state index contributed by atoms with van der Waals surface area (Å²) in [7, 11) is 0. The van der Waals surface area contributed by atoms with Gasteiger partial charge in [0.1, 0.15) is 5.78 Å². The number of ether oxygens (including phenoxy) is 2. The molecule has 4 unspecified atom stereocenters. The normalized spacial score (nSPS) is 62.0. The fourth-order valence-corrected chi connectivity index (χ4v) is 8.05. The van der Waals surface area contributed by atoms with Crippen molar-refractivity contribution in [3.63, 3.8) is 0 Å². The Morgan fingerprint density at radius 3 is 2.78 bits per heavy atom. The molecule has 2 spiro atoms. The first-order valence-electron chi connectivity index (χ1n) is 9.42. The standard InChI is InChI=1S/C19H24O4/c1-17-4-2-5-18-11(17)9-14(22-16(18)23-15(17)21)19-6-3-10(7-12(18)19)8-13(19)20/h10-12,14,16H,2-9H2,1H3/t10?,11-,12?,14+,16?,17-,18?,19+/m1/s1. The molecule has 4 heteroatoms. The molecule has 4 nitrogen and oxygen atoms in total. The summed E-state index contributed by atoms with van der Waals surface area (Å²) in [6.07, 6.45) is 7.71. The molecule has 0 amide bonds. The lowest BCUT2D eigenvalue weighted by Gasteiger charge is -2.75. The maximum Gasteiger partial charge on any atom is 0.314 e. The largest absolute Gasteiger partial charge is 0.435 e. The molecule has 0 radical (unpaired) electrons. The number of carbonyl (C=O) groups excluding carboxylic acids is 2. The van der Waals surface area contributed by atoms with Gasteiger partial charge >= 0.3 is 5.97 Å². The van der Waals surface area contributed by atoms with Crippen LogP contribution < -0.4 is 0 Å². The van der Waals surface area contributed by atoms with Gasteiger partial charge < -0.3 is 9.47 Å². The predicted molar refractivity (Wildman–Crippen MR) is 80.1 cm³/mol. The third-order valence-corrected chi connectivity index (χ3v) is 8.95. The summed E-state index contributed by atoms with van der Waals surface area (Å²) in [4.78, 5) is 25.7. The number of rotatable bonds is 0. The first-order valence-corrected chi connectivity index (χ1v) is 9.42. The van der Waals surface area contributed by atoms with Crippen molar-refractivity contribution in [2.45, 2.75) is 70.7 Å². The Bertz CT molecular complexity index is 643. The third kappa shape index (κ3) is 1.17. The second-order valence-electron chi connectivity index (χ2n) is 9.39. The van der Waals surface area contributed by atoms with E-state index < -0.39 is 0 Å². The van der Waals surface area contributed by atoms with Gasteiger partial charge in [-0.05, 0) is 63.2 Å². The maximum absolute atomic E-state index is 13.0. The van der Waals surface area contributed by atoms with Crippen LogP contribution in [0.4, 0.5) is 0 Å². The molecule has 3 saturated heterocycles. The Hall–Kier alpha value is -0.900. The molecule has 8 aliphatic rings. The summed E-state index contributed by atoms with van der Waals surface area (Å²) in [6, 6.07) is 0. The second-order valence-corrected chi connectivity index (χ2v) is 9.39. The van der Waals surface area contributed by atoms with E-state index in [-0.39, 0.29) is 34.6 Å². The Labute approximate surface area is 136 Å². The molecule has 0 aromatic carbocycles. The smallest absolute Gasteiger partial charge is 0.314 e. The number of esters is 1. The zero-order chi connectivity index (χ0) is 15.6. The molecule has 8 atom stereocenters. The van der Waals surface area contributed by atoms with Crippen LogP contribution in [0.2, 0.25) is 0 Å². The molecule has 3 aliphatic heterocycles. The monoisotopic (exact) mass is 316 g/mol. The van der Waals surface area contributed by atoms with Crippen LogP contribution in [0.1, 0.15) is 58.3 Å². The van der Waals surface area contributed by atoms with Crippen LogP contribution in [0.3, 0.4) is 0 Å². The molecule has 5 aliphatic carbocycles. The highest BCUT2D eigenvalue weighted by Gasteiger charge is 2.80. The quantitative estimate of drug-likeness (QED) is 0.645. The number of fused-ring (bicyclic) bond motifs is 2. The van der Waals surface area contributed by atoms with Crippen LogP contribution in [-0.2, 0) is 19.1 Å². The van der Waals surface area contributed by atoms with Crippen LogP contribution in [0.5, 0.6) is 0 Å². The van der Waals surface area contributed by atoms with E-state index >= 15 is 0 Å². The maximum atomic E-state index is 13.0.